The monoisotopic (exact) mass is 268 g/mol. The molecule has 6 heteroatoms. The second kappa shape index (κ2) is 7.35. The third-order valence-corrected chi connectivity index (χ3v) is 2.13. The summed E-state index contributed by atoms with van der Waals surface area (Å²) in [6.07, 6.45) is 0.314. The van der Waals surface area contributed by atoms with Crippen LogP contribution in [0.15, 0.2) is 24.3 Å². The van der Waals surface area contributed by atoms with Gasteiger partial charge in [0, 0.05) is 6.42 Å². The predicted molar refractivity (Wildman–Crippen MR) is 67.6 cm³/mol. The number of carbonyl (C=O) groups excluding carboxylic acids is 2. The predicted octanol–water partition coefficient (Wildman–Crippen LogP) is 1.40. The number of hydrogen-bond acceptors (Lipinski definition) is 3. The van der Waals surface area contributed by atoms with E-state index in [1.54, 1.807) is 6.07 Å². The van der Waals surface area contributed by atoms with Crippen molar-refractivity contribution in [3.05, 3.63) is 30.1 Å². The van der Waals surface area contributed by atoms with E-state index in [1.807, 2.05) is 13.8 Å². The third kappa shape index (κ3) is 5.85. The van der Waals surface area contributed by atoms with Crippen LogP contribution in [0.4, 0.5) is 4.39 Å². The first kappa shape index (κ1) is 14.9. The summed E-state index contributed by atoms with van der Waals surface area (Å²) in [6.45, 7) is 3.41. The van der Waals surface area contributed by atoms with E-state index < -0.39 is 11.7 Å². The van der Waals surface area contributed by atoms with Crippen molar-refractivity contribution in [3.8, 4) is 5.75 Å². The molecular formula is C13H17FN2O3. The average molecular weight is 268 g/mol. The van der Waals surface area contributed by atoms with E-state index >= 15 is 0 Å². The van der Waals surface area contributed by atoms with Crippen molar-refractivity contribution in [2.75, 3.05) is 6.61 Å². The molecule has 0 aliphatic carbocycles. The summed E-state index contributed by atoms with van der Waals surface area (Å²) in [5.74, 6) is -1.19. The molecule has 0 saturated heterocycles. The summed E-state index contributed by atoms with van der Waals surface area (Å²) in [5.41, 5.74) is 4.44. The molecule has 0 aromatic heterocycles. The Hall–Kier alpha value is -2.11. The Morgan fingerprint density at radius 1 is 1.21 bits per heavy atom. The first-order valence-corrected chi connectivity index (χ1v) is 5.94. The highest BCUT2D eigenvalue weighted by Crippen LogP contribution is 2.14. The minimum Gasteiger partial charge on any atom is -0.481 e. The lowest BCUT2D eigenvalue weighted by Crippen LogP contribution is -2.44. The van der Waals surface area contributed by atoms with Crippen molar-refractivity contribution < 1.29 is 18.7 Å². The molecule has 0 spiro atoms. The fourth-order valence-corrected chi connectivity index (χ4v) is 1.30. The van der Waals surface area contributed by atoms with Gasteiger partial charge in [-0.15, -0.1) is 0 Å². The first-order chi connectivity index (χ1) is 8.99. The van der Waals surface area contributed by atoms with Gasteiger partial charge in [0.05, 0.1) is 0 Å². The quantitative estimate of drug-likeness (QED) is 0.793. The number of para-hydroxylation sites is 1. The number of nitrogens with one attached hydrogen (secondary N) is 2. The van der Waals surface area contributed by atoms with Crippen LogP contribution in [0.1, 0.15) is 20.3 Å². The molecule has 0 bridgehead atoms. The first-order valence-electron chi connectivity index (χ1n) is 5.94. The maximum atomic E-state index is 13.2. The molecule has 1 aromatic carbocycles. The van der Waals surface area contributed by atoms with Crippen LogP contribution < -0.4 is 15.6 Å². The Bertz CT molecular complexity index is 449. The van der Waals surface area contributed by atoms with Crippen molar-refractivity contribution in [3.63, 3.8) is 0 Å². The van der Waals surface area contributed by atoms with E-state index in [-0.39, 0.29) is 24.2 Å². The number of hydrazine groups is 1. The number of ether oxygens (including phenoxy) is 1. The Morgan fingerprint density at radius 3 is 2.47 bits per heavy atom. The van der Waals surface area contributed by atoms with E-state index in [0.29, 0.717) is 6.42 Å². The van der Waals surface area contributed by atoms with Gasteiger partial charge in [0.25, 0.3) is 5.91 Å². The summed E-state index contributed by atoms with van der Waals surface area (Å²) in [5, 5.41) is 0. The van der Waals surface area contributed by atoms with Gasteiger partial charge in [-0.2, -0.15) is 0 Å². The van der Waals surface area contributed by atoms with Crippen molar-refractivity contribution >= 4 is 11.8 Å². The Balaban J connectivity index is 2.29. The van der Waals surface area contributed by atoms with E-state index in [4.69, 9.17) is 4.74 Å². The molecule has 0 aliphatic rings. The number of halogens is 1. The molecule has 0 radical (unpaired) electrons. The maximum Gasteiger partial charge on any atom is 0.276 e. The maximum absolute atomic E-state index is 13.2. The molecule has 5 nitrogen and oxygen atoms in total. The summed E-state index contributed by atoms with van der Waals surface area (Å²) >= 11 is 0. The fraction of sp³-hybridized carbons (Fsp3) is 0.385. The van der Waals surface area contributed by atoms with Gasteiger partial charge in [-0.25, -0.2) is 4.39 Å². The van der Waals surface area contributed by atoms with Crippen LogP contribution in [0.5, 0.6) is 5.75 Å². The van der Waals surface area contributed by atoms with Gasteiger partial charge in [0.2, 0.25) is 5.91 Å². The van der Waals surface area contributed by atoms with E-state index in [9.17, 15) is 14.0 Å². The van der Waals surface area contributed by atoms with Crippen molar-refractivity contribution in [2.45, 2.75) is 20.3 Å². The third-order valence-electron chi connectivity index (χ3n) is 2.13. The topological polar surface area (TPSA) is 67.4 Å². The van der Waals surface area contributed by atoms with Crippen LogP contribution in [-0.2, 0) is 9.59 Å². The lowest BCUT2D eigenvalue weighted by atomic mass is 10.1. The molecule has 0 fully saturated rings. The van der Waals surface area contributed by atoms with Gasteiger partial charge in [-0.1, -0.05) is 26.0 Å². The number of carbonyl (C=O) groups is 2. The molecule has 19 heavy (non-hydrogen) atoms. The van der Waals surface area contributed by atoms with E-state index in [1.165, 1.54) is 18.2 Å². The normalized spacial score (nSPS) is 10.1. The Labute approximate surface area is 111 Å². The average Bonchev–Trinajstić information content (AvgIpc) is 2.34. The highest BCUT2D eigenvalue weighted by Gasteiger charge is 2.08. The zero-order valence-corrected chi connectivity index (χ0v) is 10.9. The fourth-order valence-electron chi connectivity index (χ4n) is 1.30. The van der Waals surface area contributed by atoms with Crippen LogP contribution in [0.3, 0.4) is 0 Å². The van der Waals surface area contributed by atoms with Crippen LogP contribution >= 0.6 is 0 Å². The molecule has 0 atom stereocenters. The van der Waals surface area contributed by atoms with Gasteiger partial charge >= 0.3 is 0 Å². The van der Waals surface area contributed by atoms with Crippen molar-refractivity contribution in [1.82, 2.24) is 10.9 Å². The number of benzene rings is 1. The highest BCUT2D eigenvalue weighted by atomic mass is 19.1. The summed E-state index contributed by atoms with van der Waals surface area (Å²) in [4.78, 5) is 22.6. The molecule has 0 saturated carbocycles. The Morgan fingerprint density at radius 2 is 1.84 bits per heavy atom. The molecule has 0 heterocycles. The molecule has 2 amide bonds. The van der Waals surface area contributed by atoms with Gasteiger partial charge < -0.3 is 4.74 Å². The minimum absolute atomic E-state index is 0.00819. The van der Waals surface area contributed by atoms with Gasteiger partial charge in [0.15, 0.2) is 18.2 Å². The molecule has 1 aromatic rings. The minimum atomic E-state index is -0.555. The number of hydrogen-bond donors (Lipinski definition) is 2. The Kier molecular flexibility index (Phi) is 5.78. The zero-order valence-electron chi connectivity index (χ0n) is 10.9. The second-order valence-corrected chi connectivity index (χ2v) is 4.41. The molecular weight excluding hydrogens is 251 g/mol. The standard InChI is InChI=1S/C13H17FN2O3/c1-9(2)7-12(17)15-16-13(18)8-19-11-6-4-3-5-10(11)14/h3-6,9H,7-8H2,1-2H3,(H,15,17)(H,16,18). The summed E-state index contributed by atoms with van der Waals surface area (Å²) in [7, 11) is 0. The lowest BCUT2D eigenvalue weighted by molar-refractivity contribution is -0.130. The number of amides is 2. The summed E-state index contributed by atoms with van der Waals surface area (Å²) in [6, 6.07) is 5.77. The van der Waals surface area contributed by atoms with Crippen LogP contribution in [0.2, 0.25) is 0 Å². The van der Waals surface area contributed by atoms with E-state index in [0.717, 1.165) is 0 Å². The molecule has 104 valence electrons. The van der Waals surface area contributed by atoms with Gasteiger partial charge in [-0.05, 0) is 18.1 Å². The van der Waals surface area contributed by atoms with E-state index in [2.05, 4.69) is 10.9 Å². The largest absolute Gasteiger partial charge is 0.481 e. The molecule has 0 aliphatic heterocycles. The molecule has 2 N–H and O–H groups in total. The molecule has 0 unspecified atom stereocenters. The number of rotatable bonds is 5. The summed E-state index contributed by atoms with van der Waals surface area (Å²) < 4.78 is 18.1. The SMILES string of the molecule is CC(C)CC(=O)NNC(=O)COc1ccccc1F. The smallest absolute Gasteiger partial charge is 0.276 e. The lowest BCUT2D eigenvalue weighted by Gasteiger charge is -2.10. The van der Waals surface area contributed by atoms with Crippen LogP contribution in [0.25, 0.3) is 0 Å². The van der Waals surface area contributed by atoms with Crippen molar-refractivity contribution in [2.24, 2.45) is 5.92 Å². The second-order valence-electron chi connectivity index (χ2n) is 4.41. The molecule has 1 rings (SSSR count). The zero-order chi connectivity index (χ0) is 14.3. The van der Waals surface area contributed by atoms with Crippen LogP contribution in [-0.4, -0.2) is 18.4 Å². The highest BCUT2D eigenvalue weighted by molar-refractivity contribution is 5.82. The van der Waals surface area contributed by atoms with Crippen molar-refractivity contribution in [1.29, 1.82) is 0 Å². The van der Waals surface area contributed by atoms with Crippen LogP contribution in [0, 0.1) is 11.7 Å². The van der Waals surface area contributed by atoms with Gasteiger partial charge in [-0.3, -0.25) is 20.4 Å². The van der Waals surface area contributed by atoms with Gasteiger partial charge in [0.1, 0.15) is 0 Å².